The van der Waals surface area contributed by atoms with Crippen LogP contribution in [0.15, 0.2) is 30.3 Å². The number of nitrogens with one attached hydrogen (secondary N) is 2. The van der Waals surface area contributed by atoms with E-state index in [1.165, 1.54) is 30.3 Å². The van der Waals surface area contributed by atoms with Crippen LogP contribution in [0.4, 0.5) is 23.4 Å². The molecule has 1 fully saturated rings. The van der Waals surface area contributed by atoms with E-state index in [1.54, 1.807) is 0 Å². The molecule has 150 valence electrons. The van der Waals surface area contributed by atoms with Crippen molar-refractivity contribution < 1.29 is 22.4 Å². The van der Waals surface area contributed by atoms with Crippen LogP contribution in [0.1, 0.15) is 60.2 Å². The van der Waals surface area contributed by atoms with Gasteiger partial charge in [-0.25, -0.2) is 9.07 Å². The first kappa shape index (κ1) is 18.8. The summed E-state index contributed by atoms with van der Waals surface area (Å²) in [7, 11) is 0. The van der Waals surface area contributed by atoms with Gasteiger partial charge in [-0.05, 0) is 30.5 Å². The van der Waals surface area contributed by atoms with E-state index in [2.05, 4.69) is 15.7 Å². The lowest BCUT2D eigenvalue weighted by atomic mass is 9.97. The minimum Gasteiger partial charge on any atom is -0.363 e. The zero-order valence-electron chi connectivity index (χ0n) is 15.0. The summed E-state index contributed by atoms with van der Waals surface area (Å²) in [5.74, 6) is -0.794. The SMILES string of the molecule is O=C(NC1CCCC1)c1cc2n(n1)C(C(F)(F)F)CC(c1ccc(F)cc1)N2. The molecule has 2 aromatic rings. The third kappa shape index (κ3) is 3.70. The lowest BCUT2D eigenvalue weighted by Gasteiger charge is -2.33. The van der Waals surface area contributed by atoms with Crippen molar-refractivity contribution in [2.24, 2.45) is 0 Å². The molecule has 2 atom stereocenters. The van der Waals surface area contributed by atoms with E-state index in [0.29, 0.717) is 5.56 Å². The Labute approximate surface area is 159 Å². The first-order valence-corrected chi connectivity index (χ1v) is 9.30. The molecule has 1 aromatic heterocycles. The molecule has 2 N–H and O–H groups in total. The first-order chi connectivity index (χ1) is 13.3. The van der Waals surface area contributed by atoms with Crippen LogP contribution in [-0.4, -0.2) is 27.9 Å². The normalized spacial score (nSPS) is 22.6. The maximum Gasteiger partial charge on any atom is 0.410 e. The summed E-state index contributed by atoms with van der Waals surface area (Å²) < 4.78 is 55.0. The van der Waals surface area contributed by atoms with Crippen molar-refractivity contribution in [3.63, 3.8) is 0 Å². The number of carbonyl (C=O) groups is 1. The number of amides is 1. The highest BCUT2D eigenvalue weighted by molar-refractivity contribution is 5.93. The van der Waals surface area contributed by atoms with Gasteiger partial charge in [0.1, 0.15) is 11.6 Å². The maximum atomic E-state index is 13.7. The van der Waals surface area contributed by atoms with Crippen LogP contribution >= 0.6 is 0 Å². The lowest BCUT2D eigenvalue weighted by Crippen LogP contribution is -2.36. The number of carbonyl (C=O) groups excluding carboxylic acids is 1. The molecule has 1 saturated carbocycles. The van der Waals surface area contributed by atoms with Crippen LogP contribution in [-0.2, 0) is 0 Å². The fourth-order valence-corrected chi connectivity index (χ4v) is 3.93. The van der Waals surface area contributed by atoms with Gasteiger partial charge in [-0.2, -0.15) is 18.3 Å². The summed E-state index contributed by atoms with van der Waals surface area (Å²) in [4.78, 5) is 12.4. The van der Waals surface area contributed by atoms with E-state index >= 15 is 0 Å². The Morgan fingerprint density at radius 1 is 1.18 bits per heavy atom. The second-order valence-corrected chi connectivity index (χ2v) is 7.36. The molecule has 0 spiro atoms. The highest BCUT2D eigenvalue weighted by Gasteiger charge is 2.46. The molecule has 5 nitrogen and oxygen atoms in total. The Hall–Kier alpha value is -2.58. The van der Waals surface area contributed by atoms with Crippen molar-refractivity contribution in [3.05, 3.63) is 47.4 Å². The van der Waals surface area contributed by atoms with Crippen molar-refractivity contribution in [2.45, 2.75) is 56.4 Å². The van der Waals surface area contributed by atoms with Gasteiger partial charge in [-0.3, -0.25) is 4.79 Å². The molecule has 1 aliphatic heterocycles. The Bertz CT molecular complexity index is 856. The number of hydrogen-bond acceptors (Lipinski definition) is 3. The molecule has 28 heavy (non-hydrogen) atoms. The minimum atomic E-state index is -4.53. The molecular formula is C19H20F4N4O. The molecular weight excluding hydrogens is 376 g/mol. The van der Waals surface area contributed by atoms with Gasteiger partial charge in [0.2, 0.25) is 0 Å². The molecule has 2 unspecified atom stereocenters. The average Bonchev–Trinajstić information content (AvgIpc) is 3.29. The fourth-order valence-electron chi connectivity index (χ4n) is 3.93. The first-order valence-electron chi connectivity index (χ1n) is 9.30. The highest BCUT2D eigenvalue weighted by atomic mass is 19.4. The second kappa shape index (κ2) is 7.10. The number of halogens is 4. The summed E-state index contributed by atoms with van der Waals surface area (Å²) >= 11 is 0. The maximum absolute atomic E-state index is 13.7. The van der Waals surface area contributed by atoms with Gasteiger partial charge < -0.3 is 10.6 Å². The molecule has 0 bridgehead atoms. The molecule has 0 saturated heterocycles. The largest absolute Gasteiger partial charge is 0.410 e. The van der Waals surface area contributed by atoms with E-state index in [9.17, 15) is 22.4 Å². The van der Waals surface area contributed by atoms with E-state index in [0.717, 1.165) is 30.4 Å². The smallest absolute Gasteiger partial charge is 0.363 e. The van der Waals surface area contributed by atoms with Crippen LogP contribution in [0.25, 0.3) is 0 Å². The van der Waals surface area contributed by atoms with Gasteiger partial charge in [0.05, 0.1) is 6.04 Å². The Balaban J connectivity index is 1.62. The summed E-state index contributed by atoms with van der Waals surface area (Å²) in [5, 5.41) is 9.79. The number of hydrogen-bond donors (Lipinski definition) is 2. The number of benzene rings is 1. The molecule has 0 radical (unpaired) electrons. The fraction of sp³-hybridized carbons (Fsp3) is 0.474. The average molecular weight is 396 g/mol. The second-order valence-electron chi connectivity index (χ2n) is 7.36. The number of nitrogens with zero attached hydrogens (tertiary/aromatic N) is 2. The number of alkyl halides is 3. The van der Waals surface area contributed by atoms with Crippen LogP contribution < -0.4 is 10.6 Å². The molecule has 2 aliphatic rings. The van der Waals surface area contributed by atoms with Crippen molar-refractivity contribution in [1.82, 2.24) is 15.1 Å². The van der Waals surface area contributed by atoms with Crippen LogP contribution in [0.3, 0.4) is 0 Å². The summed E-state index contributed by atoms with van der Waals surface area (Å²) in [6.45, 7) is 0. The highest BCUT2D eigenvalue weighted by Crippen LogP contribution is 2.43. The van der Waals surface area contributed by atoms with E-state index < -0.39 is 30.0 Å². The Kier molecular flexibility index (Phi) is 4.76. The molecule has 4 rings (SSSR count). The quantitative estimate of drug-likeness (QED) is 0.759. The number of rotatable bonds is 3. The van der Waals surface area contributed by atoms with Crippen molar-refractivity contribution >= 4 is 11.7 Å². The van der Waals surface area contributed by atoms with E-state index in [4.69, 9.17) is 0 Å². The van der Waals surface area contributed by atoms with Gasteiger partial charge >= 0.3 is 6.18 Å². The van der Waals surface area contributed by atoms with Crippen LogP contribution in [0.2, 0.25) is 0 Å². The Morgan fingerprint density at radius 3 is 2.50 bits per heavy atom. The van der Waals surface area contributed by atoms with Crippen LogP contribution in [0.5, 0.6) is 0 Å². The number of fused-ring (bicyclic) bond motifs is 1. The van der Waals surface area contributed by atoms with Crippen molar-refractivity contribution in [2.75, 3.05) is 5.32 Å². The molecule has 1 aliphatic carbocycles. The van der Waals surface area contributed by atoms with Crippen LogP contribution in [0, 0.1) is 5.82 Å². The molecule has 9 heteroatoms. The Morgan fingerprint density at radius 2 is 1.86 bits per heavy atom. The number of aromatic nitrogens is 2. The topological polar surface area (TPSA) is 59.0 Å². The summed E-state index contributed by atoms with van der Waals surface area (Å²) in [6, 6.07) is 4.20. The summed E-state index contributed by atoms with van der Waals surface area (Å²) in [5.41, 5.74) is 0.503. The van der Waals surface area contributed by atoms with Gasteiger partial charge in [-0.1, -0.05) is 25.0 Å². The standard InChI is InChI=1S/C19H20F4N4O/c20-12-7-5-11(6-8-12)14-9-16(19(21,22)23)27-17(25-14)10-15(26-27)18(28)24-13-3-1-2-4-13/h5-8,10,13-14,16,25H,1-4,9H2,(H,24,28). The molecule has 1 amide bonds. The van der Waals surface area contributed by atoms with Gasteiger partial charge in [0.15, 0.2) is 11.7 Å². The predicted octanol–water partition coefficient (Wildman–Crippen LogP) is 4.35. The van der Waals surface area contributed by atoms with Gasteiger partial charge in [0.25, 0.3) is 5.91 Å². The van der Waals surface area contributed by atoms with E-state index in [1.807, 2.05) is 0 Å². The van der Waals surface area contributed by atoms with Gasteiger partial charge in [-0.15, -0.1) is 0 Å². The molecule has 1 aromatic carbocycles. The minimum absolute atomic E-state index is 0.0385. The summed E-state index contributed by atoms with van der Waals surface area (Å²) in [6.07, 6.45) is -1.03. The monoisotopic (exact) mass is 396 g/mol. The van der Waals surface area contributed by atoms with Crippen molar-refractivity contribution in [3.8, 4) is 0 Å². The zero-order valence-corrected chi connectivity index (χ0v) is 15.0. The number of anilines is 1. The van der Waals surface area contributed by atoms with Gasteiger partial charge in [0, 0.05) is 18.5 Å². The van der Waals surface area contributed by atoms with E-state index in [-0.39, 0.29) is 24.0 Å². The lowest BCUT2D eigenvalue weighted by molar-refractivity contribution is -0.173. The predicted molar refractivity (Wildman–Crippen MR) is 94.4 cm³/mol. The molecule has 2 heterocycles. The zero-order chi connectivity index (χ0) is 19.9. The third-order valence-electron chi connectivity index (χ3n) is 5.39. The van der Waals surface area contributed by atoms with Crippen molar-refractivity contribution in [1.29, 1.82) is 0 Å². The third-order valence-corrected chi connectivity index (χ3v) is 5.39.